The van der Waals surface area contributed by atoms with Crippen LogP contribution in [0.25, 0.3) is 0 Å². The SMILES string of the molecule is CCC(C)c1ccccc1OCC(C)C(=O)OC. The molecule has 1 aromatic carbocycles. The van der Waals surface area contributed by atoms with Gasteiger partial charge >= 0.3 is 5.97 Å². The first-order chi connectivity index (χ1) is 8.60. The van der Waals surface area contributed by atoms with Crippen LogP contribution in [0.1, 0.15) is 38.7 Å². The van der Waals surface area contributed by atoms with Gasteiger partial charge in [-0.05, 0) is 30.9 Å². The highest BCUT2D eigenvalue weighted by Crippen LogP contribution is 2.28. The van der Waals surface area contributed by atoms with Gasteiger partial charge in [0, 0.05) is 0 Å². The molecule has 2 atom stereocenters. The second kappa shape index (κ2) is 7.04. The van der Waals surface area contributed by atoms with Crippen LogP contribution in [0.15, 0.2) is 24.3 Å². The second-order valence-electron chi connectivity index (χ2n) is 4.58. The molecule has 0 saturated heterocycles. The normalized spacial score (nSPS) is 13.8. The lowest BCUT2D eigenvalue weighted by Gasteiger charge is -2.17. The summed E-state index contributed by atoms with van der Waals surface area (Å²) in [5, 5.41) is 0. The molecule has 1 rings (SSSR count). The Morgan fingerprint density at radius 1 is 1.28 bits per heavy atom. The summed E-state index contributed by atoms with van der Waals surface area (Å²) in [6, 6.07) is 7.99. The molecule has 2 unspecified atom stereocenters. The van der Waals surface area contributed by atoms with Crippen LogP contribution in [0, 0.1) is 5.92 Å². The van der Waals surface area contributed by atoms with E-state index in [0.29, 0.717) is 12.5 Å². The third-order valence-corrected chi connectivity index (χ3v) is 3.15. The molecule has 0 aromatic heterocycles. The lowest BCUT2D eigenvalue weighted by molar-refractivity contribution is -0.145. The maximum absolute atomic E-state index is 11.3. The number of para-hydroxylation sites is 1. The number of methoxy groups -OCH3 is 1. The summed E-state index contributed by atoms with van der Waals surface area (Å²) < 4.78 is 10.4. The number of benzene rings is 1. The zero-order valence-electron chi connectivity index (χ0n) is 11.6. The van der Waals surface area contributed by atoms with Gasteiger partial charge in [-0.2, -0.15) is 0 Å². The Balaban J connectivity index is 2.70. The van der Waals surface area contributed by atoms with Crippen LogP contribution in [0.3, 0.4) is 0 Å². The molecule has 18 heavy (non-hydrogen) atoms. The van der Waals surface area contributed by atoms with Crippen molar-refractivity contribution in [3.8, 4) is 5.75 Å². The van der Waals surface area contributed by atoms with E-state index in [-0.39, 0.29) is 11.9 Å². The van der Waals surface area contributed by atoms with Crippen LogP contribution in [0.4, 0.5) is 0 Å². The summed E-state index contributed by atoms with van der Waals surface area (Å²) in [6.45, 7) is 6.47. The quantitative estimate of drug-likeness (QED) is 0.726. The Bertz CT molecular complexity index is 387. The molecular formula is C15H22O3. The molecule has 0 bridgehead atoms. The number of carbonyl (C=O) groups excluding carboxylic acids is 1. The fourth-order valence-corrected chi connectivity index (χ4v) is 1.72. The fourth-order valence-electron chi connectivity index (χ4n) is 1.72. The summed E-state index contributed by atoms with van der Waals surface area (Å²) in [5.41, 5.74) is 1.19. The molecule has 0 spiro atoms. The molecule has 0 aliphatic rings. The predicted octanol–water partition coefficient (Wildman–Crippen LogP) is 3.39. The molecule has 0 N–H and O–H groups in total. The van der Waals surface area contributed by atoms with Crippen LogP contribution >= 0.6 is 0 Å². The van der Waals surface area contributed by atoms with Crippen molar-refractivity contribution in [2.24, 2.45) is 5.92 Å². The van der Waals surface area contributed by atoms with Gasteiger partial charge in [-0.15, -0.1) is 0 Å². The van der Waals surface area contributed by atoms with Gasteiger partial charge in [0.2, 0.25) is 0 Å². The average molecular weight is 250 g/mol. The van der Waals surface area contributed by atoms with E-state index in [1.165, 1.54) is 12.7 Å². The smallest absolute Gasteiger partial charge is 0.311 e. The van der Waals surface area contributed by atoms with Crippen molar-refractivity contribution >= 4 is 5.97 Å². The van der Waals surface area contributed by atoms with Gasteiger partial charge < -0.3 is 9.47 Å². The third kappa shape index (κ3) is 3.76. The van der Waals surface area contributed by atoms with Crippen molar-refractivity contribution in [1.29, 1.82) is 0 Å². The maximum Gasteiger partial charge on any atom is 0.311 e. The highest BCUT2D eigenvalue weighted by molar-refractivity contribution is 5.71. The largest absolute Gasteiger partial charge is 0.492 e. The molecular weight excluding hydrogens is 228 g/mol. The predicted molar refractivity (Wildman–Crippen MR) is 71.8 cm³/mol. The molecule has 0 aliphatic carbocycles. The van der Waals surface area contributed by atoms with E-state index in [1.807, 2.05) is 18.2 Å². The van der Waals surface area contributed by atoms with E-state index in [0.717, 1.165) is 12.2 Å². The van der Waals surface area contributed by atoms with Crippen molar-refractivity contribution in [1.82, 2.24) is 0 Å². The standard InChI is InChI=1S/C15H22O3/c1-5-11(2)13-8-6-7-9-14(13)18-10-12(3)15(16)17-4/h6-9,11-12H,5,10H2,1-4H3. The van der Waals surface area contributed by atoms with Crippen LogP contribution in [-0.2, 0) is 9.53 Å². The molecule has 3 heteroatoms. The summed E-state index contributed by atoms with van der Waals surface area (Å²) in [5.74, 6) is 0.827. The minimum Gasteiger partial charge on any atom is -0.492 e. The van der Waals surface area contributed by atoms with E-state index in [1.54, 1.807) is 6.92 Å². The monoisotopic (exact) mass is 250 g/mol. The molecule has 0 fully saturated rings. The summed E-state index contributed by atoms with van der Waals surface area (Å²) >= 11 is 0. The second-order valence-corrected chi connectivity index (χ2v) is 4.58. The maximum atomic E-state index is 11.3. The number of ether oxygens (including phenoxy) is 2. The van der Waals surface area contributed by atoms with E-state index in [4.69, 9.17) is 4.74 Å². The van der Waals surface area contributed by atoms with E-state index in [9.17, 15) is 4.79 Å². The van der Waals surface area contributed by atoms with Gasteiger partial charge in [-0.25, -0.2) is 0 Å². The van der Waals surface area contributed by atoms with E-state index >= 15 is 0 Å². The van der Waals surface area contributed by atoms with Gasteiger partial charge in [0.15, 0.2) is 0 Å². The Morgan fingerprint density at radius 3 is 2.56 bits per heavy atom. The molecule has 3 nitrogen and oxygen atoms in total. The molecule has 100 valence electrons. The molecule has 1 aromatic rings. The van der Waals surface area contributed by atoms with Crippen molar-refractivity contribution in [2.75, 3.05) is 13.7 Å². The van der Waals surface area contributed by atoms with Gasteiger partial charge in [0.25, 0.3) is 0 Å². The first-order valence-electron chi connectivity index (χ1n) is 6.39. The number of hydrogen-bond donors (Lipinski definition) is 0. The topological polar surface area (TPSA) is 35.5 Å². The molecule has 0 heterocycles. The van der Waals surface area contributed by atoms with Crippen LogP contribution < -0.4 is 4.74 Å². The number of hydrogen-bond acceptors (Lipinski definition) is 3. The summed E-state index contributed by atoms with van der Waals surface area (Å²) in [7, 11) is 1.39. The first kappa shape index (κ1) is 14.6. The minimum atomic E-state index is -0.250. The first-order valence-corrected chi connectivity index (χ1v) is 6.39. The summed E-state index contributed by atoms with van der Waals surface area (Å²) in [6.07, 6.45) is 1.06. The number of carbonyl (C=O) groups is 1. The minimum absolute atomic E-state index is 0.240. The Hall–Kier alpha value is -1.51. The lowest BCUT2D eigenvalue weighted by Crippen LogP contribution is -2.20. The Kier molecular flexibility index (Phi) is 5.69. The van der Waals surface area contributed by atoms with Crippen LogP contribution in [0.2, 0.25) is 0 Å². The highest BCUT2D eigenvalue weighted by Gasteiger charge is 2.15. The zero-order valence-corrected chi connectivity index (χ0v) is 11.6. The third-order valence-electron chi connectivity index (χ3n) is 3.15. The fraction of sp³-hybridized carbons (Fsp3) is 0.533. The van der Waals surface area contributed by atoms with E-state index < -0.39 is 0 Å². The molecule has 0 radical (unpaired) electrons. The van der Waals surface area contributed by atoms with Crippen molar-refractivity contribution < 1.29 is 14.3 Å². The van der Waals surface area contributed by atoms with Crippen molar-refractivity contribution in [2.45, 2.75) is 33.1 Å². The van der Waals surface area contributed by atoms with Crippen LogP contribution in [0.5, 0.6) is 5.75 Å². The summed E-state index contributed by atoms with van der Waals surface area (Å²) in [4.78, 5) is 11.3. The van der Waals surface area contributed by atoms with Crippen molar-refractivity contribution in [3.63, 3.8) is 0 Å². The van der Waals surface area contributed by atoms with Gasteiger partial charge in [0.1, 0.15) is 12.4 Å². The average Bonchev–Trinajstić information content (AvgIpc) is 2.43. The van der Waals surface area contributed by atoms with Gasteiger partial charge in [-0.3, -0.25) is 4.79 Å². The van der Waals surface area contributed by atoms with Gasteiger partial charge in [-0.1, -0.05) is 32.0 Å². The van der Waals surface area contributed by atoms with Gasteiger partial charge in [0.05, 0.1) is 13.0 Å². The Labute approximate surface area is 109 Å². The van der Waals surface area contributed by atoms with Crippen LogP contribution in [-0.4, -0.2) is 19.7 Å². The van der Waals surface area contributed by atoms with Crippen molar-refractivity contribution in [3.05, 3.63) is 29.8 Å². The number of esters is 1. The molecule has 0 saturated carbocycles. The highest BCUT2D eigenvalue weighted by atomic mass is 16.5. The zero-order chi connectivity index (χ0) is 13.5. The number of rotatable bonds is 6. The molecule has 0 aliphatic heterocycles. The molecule has 0 amide bonds. The van der Waals surface area contributed by atoms with E-state index in [2.05, 4.69) is 24.7 Å². The lowest BCUT2D eigenvalue weighted by atomic mass is 9.98. The Morgan fingerprint density at radius 2 is 1.94 bits per heavy atom.